The van der Waals surface area contributed by atoms with Gasteiger partial charge in [-0.2, -0.15) is 0 Å². The Bertz CT molecular complexity index is 809. The van der Waals surface area contributed by atoms with E-state index in [9.17, 15) is 4.79 Å². The van der Waals surface area contributed by atoms with E-state index in [-0.39, 0.29) is 5.91 Å². The van der Waals surface area contributed by atoms with Crippen molar-refractivity contribution in [1.29, 1.82) is 0 Å². The van der Waals surface area contributed by atoms with Crippen molar-refractivity contribution in [3.8, 4) is 11.3 Å². The predicted octanol–water partition coefficient (Wildman–Crippen LogP) is 3.69. The van der Waals surface area contributed by atoms with Crippen LogP contribution < -0.4 is 5.32 Å². The highest BCUT2D eigenvalue weighted by Gasteiger charge is 2.04. The number of hydrogen-bond donors (Lipinski definition) is 1. The molecule has 0 saturated heterocycles. The zero-order valence-corrected chi connectivity index (χ0v) is 14.6. The van der Waals surface area contributed by atoms with Crippen molar-refractivity contribution in [1.82, 2.24) is 15.3 Å². The summed E-state index contributed by atoms with van der Waals surface area (Å²) in [4.78, 5) is 20.4. The Labute approximate surface area is 151 Å². The largest absolute Gasteiger partial charge is 0.351 e. The molecule has 0 spiro atoms. The van der Waals surface area contributed by atoms with Crippen LogP contribution in [0.15, 0.2) is 73.2 Å². The van der Waals surface area contributed by atoms with Gasteiger partial charge in [-0.15, -0.1) is 11.8 Å². The number of hydrogen-bond acceptors (Lipinski definition) is 4. The van der Waals surface area contributed by atoms with Crippen molar-refractivity contribution in [2.75, 3.05) is 5.75 Å². The molecule has 0 aliphatic carbocycles. The lowest BCUT2D eigenvalue weighted by molar-refractivity contribution is -0.118. The van der Waals surface area contributed by atoms with Crippen molar-refractivity contribution in [3.05, 3.63) is 84.3 Å². The van der Waals surface area contributed by atoms with Crippen molar-refractivity contribution in [3.63, 3.8) is 0 Å². The molecule has 2 aromatic heterocycles. The van der Waals surface area contributed by atoms with Crippen LogP contribution in [-0.4, -0.2) is 21.6 Å². The average Bonchev–Trinajstić information content (AvgIpc) is 2.68. The number of nitrogens with zero attached hydrogens (tertiary/aromatic N) is 2. The SMILES string of the molecule is O=C(CSCc1ccccc1)NCc1ccnc(-c2ccncc2)c1. The molecule has 0 fully saturated rings. The lowest BCUT2D eigenvalue weighted by Crippen LogP contribution is -2.24. The molecule has 0 bridgehead atoms. The van der Waals surface area contributed by atoms with Gasteiger partial charge in [-0.05, 0) is 35.4 Å². The minimum absolute atomic E-state index is 0.0446. The molecule has 0 aliphatic heterocycles. The monoisotopic (exact) mass is 349 g/mol. The van der Waals surface area contributed by atoms with E-state index in [1.54, 1.807) is 30.4 Å². The first-order chi connectivity index (χ1) is 12.3. The molecule has 0 radical (unpaired) electrons. The van der Waals surface area contributed by atoms with Gasteiger partial charge in [0.2, 0.25) is 5.91 Å². The van der Waals surface area contributed by atoms with Crippen molar-refractivity contribution < 1.29 is 4.79 Å². The molecule has 2 heterocycles. The molecule has 0 aliphatic rings. The van der Waals surface area contributed by atoms with Crippen LogP contribution in [0.25, 0.3) is 11.3 Å². The van der Waals surface area contributed by atoms with E-state index in [2.05, 4.69) is 27.4 Å². The molecule has 0 atom stereocenters. The number of rotatable bonds is 7. The van der Waals surface area contributed by atoms with Gasteiger partial charge in [-0.1, -0.05) is 30.3 Å². The molecule has 1 aromatic carbocycles. The molecule has 25 heavy (non-hydrogen) atoms. The van der Waals surface area contributed by atoms with Crippen LogP contribution in [0.3, 0.4) is 0 Å². The number of aromatic nitrogens is 2. The van der Waals surface area contributed by atoms with Gasteiger partial charge in [-0.25, -0.2) is 0 Å². The topological polar surface area (TPSA) is 54.9 Å². The maximum absolute atomic E-state index is 12.0. The second kappa shape index (κ2) is 8.99. The number of pyridine rings is 2. The first-order valence-electron chi connectivity index (χ1n) is 8.05. The third-order valence-electron chi connectivity index (χ3n) is 3.63. The van der Waals surface area contributed by atoms with E-state index in [0.717, 1.165) is 22.6 Å². The number of carbonyl (C=O) groups is 1. The Balaban J connectivity index is 1.47. The van der Waals surface area contributed by atoms with Crippen LogP contribution >= 0.6 is 11.8 Å². The highest BCUT2D eigenvalue weighted by molar-refractivity contribution is 7.99. The molecule has 4 nitrogen and oxygen atoms in total. The second-order valence-electron chi connectivity index (χ2n) is 5.54. The summed E-state index contributed by atoms with van der Waals surface area (Å²) in [5.41, 5.74) is 4.16. The Kier molecular flexibility index (Phi) is 6.17. The van der Waals surface area contributed by atoms with Crippen molar-refractivity contribution in [2.24, 2.45) is 0 Å². The Morgan fingerprint density at radius 2 is 1.76 bits per heavy atom. The van der Waals surface area contributed by atoms with Gasteiger partial charge >= 0.3 is 0 Å². The highest BCUT2D eigenvalue weighted by Crippen LogP contribution is 2.16. The number of thioether (sulfide) groups is 1. The number of benzene rings is 1. The van der Waals surface area contributed by atoms with E-state index >= 15 is 0 Å². The van der Waals surface area contributed by atoms with Gasteiger partial charge in [-0.3, -0.25) is 14.8 Å². The predicted molar refractivity (Wildman–Crippen MR) is 102 cm³/mol. The zero-order valence-electron chi connectivity index (χ0n) is 13.8. The summed E-state index contributed by atoms with van der Waals surface area (Å²) in [7, 11) is 0. The number of nitrogens with one attached hydrogen (secondary N) is 1. The zero-order chi connectivity index (χ0) is 17.3. The maximum Gasteiger partial charge on any atom is 0.230 e. The van der Waals surface area contributed by atoms with Crippen LogP contribution in [0.4, 0.5) is 0 Å². The van der Waals surface area contributed by atoms with Crippen LogP contribution in [0.2, 0.25) is 0 Å². The van der Waals surface area contributed by atoms with Gasteiger partial charge in [0.15, 0.2) is 0 Å². The summed E-state index contributed by atoms with van der Waals surface area (Å²) >= 11 is 1.62. The van der Waals surface area contributed by atoms with Gasteiger partial charge in [0.05, 0.1) is 11.4 Å². The van der Waals surface area contributed by atoms with E-state index in [1.165, 1.54) is 5.56 Å². The quantitative estimate of drug-likeness (QED) is 0.707. The minimum Gasteiger partial charge on any atom is -0.351 e. The Hall–Kier alpha value is -2.66. The number of carbonyl (C=O) groups excluding carboxylic acids is 1. The van der Waals surface area contributed by atoms with Crippen molar-refractivity contribution in [2.45, 2.75) is 12.3 Å². The Morgan fingerprint density at radius 1 is 0.960 bits per heavy atom. The van der Waals surface area contributed by atoms with Gasteiger partial charge in [0.1, 0.15) is 0 Å². The van der Waals surface area contributed by atoms with Crippen LogP contribution in [-0.2, 0) is 17.1 Å². The lowest BCUT2D eigenvalue weighted by Gasteiger charge is -2.07. The third-order valence-corrected chi connectivity index (χ3v) is 4.64. The van der Waals surface area contributed by atoms with Gasteiger partial charge < -0.3 is 5.32 Å². The fourth-order valence-corrected chi connectivity index (χ4v) is 3.17. The summed E-state index contributed by atoms with van der Waals surface area (Å²) in [5, 5.41) is 2.96. The van der Waals surface area contributed by atoms with Crippen LogP contribution in [0.5, 0.6) is 0 Å². The Morgan fingerprint density at radius 3 is 2.56 bits per heavy atom. The minimum atomic E-state index is 0.0446. The van der Waals surface area contributed by atoms with E-state index in [0.29, 0.717) is 12.3 Å². The van der Waals surface area contributed by atoms with E-state index in [1.807, 2.05) is 42.5 Å². The third kappa shape index (κ3) is 5.43. The van der Waals surface area contributed by atoms with E-state index < -0.39 is 0 Å². The molecule has 0 unspecified atom stereocenters. The fourth-order valence-electron chi connectivity index (χ4n) is 2.35. The fraction of sp³-hybridized carbons (Fsp3) is 0.150. The maximum atomic E-state index is 12.0. The summed E-state index contributed by atoms with van der Waals surface area (Å²) in [6.07, 6.45) is 5.26. The first kappa shape index (κ1) is 17.2. The molecule has 1 N–H and O–H groups in total. The van der Waals surface area contributed by atoms with E-state index in [4.69, 9.17) is 0 Å². The molecular formula is C20H19N3OS. The molecule has 3 aromatic rings. The molecule has 1 amide bonds. The van der Waals surface area contributed by atoms with Crippen LogP contribution in [0, 0.1) is 0 Å². The summed E-state index contributed by atoms with van der Waals surface area (Å²) in [5.74, 6) is 1.34. The molecule has 5 heteroatoms. The van der Waals surface area contributed by atoms with Crippen LogP contribution in [0.1, 0.15) is 11.1 Å². The average molecular weight is 349 g/mol. The lowest BCUT2D eigenvalue weighted by atomic mass is 10.1. The number of amides is 1. The summed E-state index contributed by atoms with van der Waals surface area (Å²) in [6.45, 7) is 0.505. The molecule has 3 rings (SSSR count). The normalized spacial score (nSPS) is 10.4. The molecule has 0 saturated carbocycles. The highest BCUT2D eigenvalue weighted by atomic mass is 32.2. The smallest absolute Gasteiger partial charge is 0.230 e. The van der Waals surface area contributed by atoms with Gasteiger partial charge in [0, 0.05) is 36.5 Å². The first-order valence-corrected chi connectivity index (χ1v) is 9.20. The summed E-state index contributed by atoms with van der Waals surface area (Å²) < 4.78 is 0. The van der Waals surface area contributed by atoms with Crippen molar-refractivity contribution >= 4 is 17.7 Å². The summed E-state index contributed by atoms with van der Waals surface area (Å²) in [6, 6.07) is 17.9. The molecule has 126 valence electrons. The standard InChI is InChI=1S/C20H19N3OS/c24-20(15-25-14-16-4-2-1-3-5-16)23-13-17-6-11-22-19(12-17)18-7-9-21-10-8-18/h1-12H,13-15H2,(H,23,24). The van der Waals surface area contributed by atoms with Gasteiger partial charge in [0.25, 0.3) is 0 Å². The molecular weight excluding hydrogens is 330 g/mol. The second-order valence-corrected chi connectivity index (χ2v) is 6.53.